The molecule has 0 aliphatic carbocycles. The molecule has 3 aromatic rings. The van der Waals surface area contributed by atoms with Crippen LogP contribution in [-0.2, 0) is 16.6 Å². The van der Waals surface area contributed by atoms with E-state index in [-0.39, 0.29) is 23.4 Å². The molecule has 2 aromatic carbocycles. The molecule has 1 aromatic heterocycles. The molecule has 0 aliphatic rings. The molecular formula is C24H22F4IN5O3S. The summed E-state index contributed by atoms with van der Waals surface area (Å²) in [5, 5.41) is 4.99. The minimum Gasteiger partial charge on any atom is -0.352 e. The van der Waals surface area contributed by atoms with Gasteiger partial charge in [0.05, 0.1) is 16.9 Å². The van der Waals surface area contributed by atoms with Gasteiger partial charge in [0, 0.05) is 29.8 Å². The number of halogens is 5. The van der Waals surface area contributed by atoms with E-state index in [1.807, 2.05) is 32.0 Å². The van der Waals surface area contributed by atoms with Crippen molar-refractivity contribution in [2.75, 3.05) is 23.6 Å². The first-order valence-electron chi connectivity index (χ1n) is 10.9. The minimum atomic E-state index is -4.11. The number of rotatable bonds is 11. The van der Waals surface area contributed by atoms with E-state index < -0.39 is 62.9 Å². The van der Waals surface area contributed by atoms with Crippen molar-refractivity contribution >= 4 is 55.9 Å². The largest absolute Gasteiger partial charge is 0.352 e. The molecule has 0 saturated heterocycles. The second kappa shape index (κ2) is 12.5. The Kier molecular flexibility index (Phi) is 9.67. The summed E-state index contributed by atoms with van der Waals surface area (Å²) in [7, 11) is -3.01. The lowest BCUT2D eigenvalue weighted by Gasteiger charge is -2.17. The number of carbonyl (C=O) groups excluding carboxylic acids is 1. The first-order chi connectivity index (χ1) is 18.0. The van der Waals surface area contributed by atoms with Crippen molar-refractivity contribution in [3.63, 3.8) is 0 Å². The molecule has 0 unspecified atom stereocenters. The molecule has 38 heavy (non-hydrogen) atoms. The lowest BCUT2D eigenvalue weighted by molar-refractivity contribution is 0.0954. The van der Waals surface area contributed by atoms with Crippen LogP contribution in [0.2, 0.25) is 0 Å². The Morgan fingerprint density at radius 1 is 1.08 bits per heavy atom. The van der Waals surface area contributed by atoms with Gasteiger partial charge in [-0.2, -0.15) is 8.42 Å². The number of hydrogen-bond acceptors (Lipinski definition) is 5. The van der Waals surface area contributed by atoms with E-state index in [1.54, 1.807) is 6.08 Å². The maximum atomic E-state index is 15.4. The van der Waals surface area contributed by atoms with Crippen LogP contribution in [0, 0.1) is 26.8 Å². The summed E-state index contributed by atoms with van der Waals surface area (Å²) in [4.78, 5) is 16.5. The molecule has 0 saturated carbocycles. The number of hydrogen-bond donors (Lipinski definition) is 4. The van der Waals surface area contributed by atoms with Crippen LogP contribution in [0.25, 0.3) is 0 Å². The van der Waals surface area contributed by atoms with E-state index in [9.17, 15) is 22.0 Å². The van der Waals surface area contributed by atoms with Gasteiger partial charge >= 0.3 is 0 Å². The second-order valence-electron chi connectivity index (χ2n) is 7.79. The maximum Gasteiger partial charge on any atom is 0.300 e. The Bertz CT molecular complexity index is 1490. The zero-order chi connectivity index (χ0) is 28.0. The number of amides is 1. The summed E-state index contributed by atoms with van der Waals surface area (Å²) in [5.41, 5.74) is -1.79. The van der Waals surface area contributed by atoms with E-state index in [2.05, 4.69) is 22.2 Å². The highest BCUT2D eigenvalue weighted by Crippen LogP contribution is 2.32. The predicted molar refractivity (Wildman–Crippen MR) is 145 cm³/mol. The Morgan fingerprint density at radius 2 is 1.82 bits per heavy atom. The molecule has 14 heteroatoms. The highest BCUT2D eigenvalue weighted by atomic mass is 127. The Labute approximate surface area is 230 Å². The zero-order valence-corrected chi connectivity index (χ0v) is 22.8. The summed E-state index contributed by atoms with van der Waals surface area (Å²) in [5.74, 6) is -6.22. The van der Waals surface area contributed by atoms with E-state index in [4.69, 9.17) is 0 Å². The average molecular weight is 663 g/mol. The first-order valence-corrected chi connectivity index (χ1v) is 13.5. The molecule has 0 atom stereocenters. The highest BCUT2D eigenvalue weighted by molar-refractivity contribution is 14.1. The van der Waals surface area contributed by atoms with Crippen molar-refractivity contribution in [1.82, 2.24) is 15.0 Å². The molecule has 0 radical (unpaired) electrons. The Morgan fingerprint density at radius 3 is 2.47 bits per heavy atom. The molecule has 0 fully saturated rings. The topological polar surface area (TPSA) is 112 Å². The minimum absolute atomic E-state index is 0.141. The molecule has 202 valence electrons. The third kappa shape index (κ3) is 6.99. The molecule has 4 N–H and O–H groups in total. The molecule has 8 nitrogen and oxygen atoms in total. The summed E-state index contributed by atoms with van der Waals surface area (Å²) >= 11 is 1.88. The fourth-order valence-corrected chi connectivity index (χ4v) is 4.24. The SMILES string of the molecule is C=CCCNC(=O)c1cc(Cc2ccnc(NS(=O)(=O)NC)c2F)c(F)c(F)c1Nc1ccc(I)cc1F. The molecule has 0 spiro atoms. The number of nitrogens with zero attached hydrogens (tertiary/aromatic N) is 1. The lowest BCUT2D eigenvalue weighted by atomic mass is 9.99. The van der Waals surface area contributed by atoms with Gasteiger partial charge in [-0.05, 0) is 70.5 Å². The molecule has 0 bridgehead atoms. The number of anilines is 3. The Hall–Kier alpha value is -3.24. The number of aromatic nitrogens is 1. The highest BCUT2D eigenvalue weighted by Gasteiger charge is 2.25. The van der Waals surface area contributed by atoms with Gasteiger partial charge in [0.2, 0.25) is 0 Å². The van der Waals surface area contributed by atoms with Crippen LogP contribution in [-0.4, -0.2) is 32.9 Å². The lowest BCUT2D eigenvalue weighted by Crippen LogP contribution is -2.27. The summed E-state index contributed by atoms with van der Waals surface area (Å²) < 4.78 is 87.8. The third-order valence-electron chi connectivity index (χ3n) is 5.20. The van der Waals surface area contributed by atoms with Crippen LogP contribution < -0.4 is 20.1 Å². The zero-order valence-electron chi connectivity index (χ0n) is 19.8. The Balaban J connectivity index is 2.07. The average Bonchev–Trinajstić information content (AvgIpc) is 2.87. The molecule has 1 amide bonds. The van der Waals surface area contributed by atoms with Crippen LogP contribution >= 0.6 is 22.6 Å². The standard InChI is InChI=1S/C24H22F4IN5O3S/c1-3-4-8-32-24(35)16-11-14(10-13-7-9-31-23(20(13)27)34-38(36,37)30-2)19(26)21(28)22(16)33-18-6-5-15(29)12-17(18)25/h3,5-7,9,11-12,30,33H,1,4,8,10H2,2H3,(H,31,34)(H,32,35). The summed E-state index contributed by atoms with van der Waals surface area (Å²) in [6.45, 7) is 3.69. The molecule has 1 heterocycles. The fourth-order valence-electron chi connectivity index (χ4n) is 3.29. The van der Waals surface area contributed by atoms with Crippen LogP contribution in [0.1, 0.15) is 27.9 Å². The van der Waals surface area contributed by atoms with Crippen molar-refractivity contribution in [2.45, 2.75) is 12.8 Å². The van der Waals surface area contributed by atoms with Crippen LogP contribution in [0.5, 0.6) is 0 Å². The van der Waals surface area contributed by atoms with E-state index in [0.717, 1.165) is 25.4 Å². The van der Waals surface area contributed by atoms with Gasteiger partial charge in [0.15, 0.2) is 23.3 Å². The fraction of sp³-hybridized carbons (Fsp3) is 0.167. The predicted octanol–water partition coefficient (Wildman–Crippen LogP) is 4.76. The maximum absolute atomic E-state index is 15.4. The smallest absolute Gasteiger partial charge is 0.300 e. The number of benzene rings is 2. The van der Waals surface area contributed by atoms with Gasteiger partial charge < -0.3 is 10.6 Å². The van der Waals surface area contributed by atoms with Gasteiger partial charge in [-0.15, -0.1) is 6.58 Å². The number of carbonyl (C=O) groups is 1. The van der Waals surface area contributed by atoms with E-state index in [0.29, 0.717) is 9.99 Å². The van der Waals surface area contributed by atoms with E-state index >= 15 is 8.78 Å². The van der Waals surface area contributed by atoms with Gasteiger partial charge in [0.25, 0.3) is 16.1 Å². The normalized spacial score (nSPS) is 11.2. The summed E-state index contributed by atoms with van der Waals surface area (Å²) in [6, 6.07) is 6.18. The van der Waals surface area contributed by atoms with Crippen LogP contribution in [0.15, 0.2) is 49.2 Å². The van der Waals surface area contributed by atoms with Gasteiger partial charge in [-0.3, -0.25) is 9.52 Å². The number of nitrogens with one attached hydrogen (secondary N) is 4. The van der Waals surface area contributed by atoms with Gasteiger partial charge in [0.1, 0.15) is 5.82 Å². The molecule has 3 rings (SSSR count). The monoisotopic (exact) mass is 663 g/mol. The van der Waals surface area contributed by atoms with Crippen molar-refractivity contribution < 1.29 is 30.8 Å². The molecule has 0 aliphatic heterocycles. The third-order valence-corrected chi connectivity index (χ3v) is 6.87. The van der Waals surface area contributed by atoms with Crippen molar-refractivity contribution in [3.05, 3.63) is 92.7 Å². The van der Waals surface area contributed by atoms with E-state index in [1.165, 1.54) is 18.2 Å². The molecular weight excluding hydrogens is 641 g/mol. The summed E-state index contributed by atoms with van der Waals surface area (Å²) in [6.07, 6.45) is 2.46. The van der Waals surface area contributed by atoms with Crippen molar-refractivity contribution in [3.8, 4) is 0 Å². The van der Waals surface area contributed by atoms with Crippen molar-refractivity contribution in [2.24, 2.45) is 0 Å². The second-order valence-corrected chi connectivity index (χ2v) is 10.7. The van der Waals surface area contributed by atoms with Gasteiger partial charge in [-0.1, -0.05) is 6.08 Å². The van der Waals surface area contributed by atoms with Crippen molar-refractivity contribution in [1.29, 1.82) is 0 Å². The van der Waals surface area contributed by atoms with Crippen LogP contribution in [0.3, 0.4) is 0 Å². The number of pyridine rings is 1. The van der Waals surface area contributed by atoms with Crippen LogP contribution in [0.4, 0.5) is 34.8 Å². The quantitative estimate of drug-likeness (QED) is 0.102. The first kappa shape index (κ1) is 29.3. The van der Waals surface area contributed by atoms with Gasteiger partial charge in [-0.25, -0.2) is 27.3 Å².